The largest absolute Gasteiger partial charge is 0.314 e. The van der Waals surface area contributed by atoms with E-state index in [0.29, 0.717) is 16.5 Å². The lowest BCUT2D eigenvalue weighted by atomic mass is 10.1. The Hall–Kier alpha value is -0.260. The summed E-state index contributed by atoms with van der Waals surface area (Å²) in [5, 5.41) is 4.53. The summed E-state index contributed by atoms with van der Waals surface area (Å²) in [6, 6.07) is 0.530. The van der Waals surface area contributed by atoms with Crippen molar-refractivity contribution in [2.24, 2.45) is 0 Å². The van der Waals surface area contributed by atoms with Crippen molar-refractivity contribution < 1.29 is 0 Å². The van der Waals surface area contributed by atoms with Gasteiger partial charge in [0.1, 0.15) is 5.82 Å². The van der Waals surface area contributed by atoms with Gasteiger partial charge in [-0.1, -0.05) is 20.8 Å². The Morgan fingerprint density at radius 3 is 2.33 bits per heavy atom. The van der Waals surface area contributed by atoms with Gasteiger partial charge in [0.25, 0.3) is 0 Å². The van der Waals surface area contributed by atoms with Gasteiger partial charge in [-0.2, -0.15) is 11.8 Å². The zero-order chi connectivity index (χ0) is 15.4. The smallest absolute Gasteiger partial charge is 0.142 e. The monoisotopic (exact) mass is 325 g/mol. The maximum absolute atomic E-state index is 4.83. The van der Waals surface area contributed by atoms with Crippen LogP contribution in [-0.4, -0.2) is 39.3 Å². The fourth-order valence-electron chi connectivity index (χ4n) is 2.66. The molecule has 2 heterocycles. The molecule has 1 saturated heterocycles. The summed E-state index contributed by atoms with van der Waals surface area (Å²) in [6.45, 7) is 11.9. The summed E-state index contributed by atoms with van der Waals surface area (Å²) in [7, 11) is 0. The van der Waals surface area contributed by atoms with Crippen molar-refractivity contribution in [1.29, 1.82) is 0 Å². The van der Waals surface area contributed by atoms with Crippen LogP contribution in [-0.2, 0) is 6.42 Å². The molecule has 1 aliphatic rings. The van der Waals surface area contributed by atoms with Crippen LogP contribution in [0.1, 0.15) is 48.8 Å². The molecule has 1 N–H and O–H groups in total. The van der Waals surface area contributed by atoms with Crippen LogP contribution in [0.15, 0.2) is 0 Å². The first kappa shape index (κ1) is 17.1. The van der Waals surface area contributed by atoms with Gasteiger partial charge in [-0.15, -0.1) is 11.8 Å². The molecule has 21 heavy (non-hydrogen) atoms. The molecule has 1 aliphatic heterocycles. The number of aromatic nitrogens is 2. The number of rotatable bonds is 5. The predicted molar refractivity (Wildman–Crippen MR) is 95.5 cm³/mol. The van der Waals surface area contributed by atoms with Crippen LogP contribution in [0.3, 0.4) is 0 Å². The van der Waals surface area contributed by atoms with Crippen molar-refractivity contribution in [3.05, 3.63) is 22.8 Å². The Bertz CT molecular complexity index is 454. The molecular weight excluding hydrogens is 298 g/mol. The molecule has 0 spiro atoms. The maximum atomic E-state index is 4.83. The van der Waals surface area contributed by atoms with E-state index in [2.05, 4.69) is 39.9 Å². The molecule has 1 aromatic rings. The van der Waals surface area contributed by atoms with E-state index >= 15 is 0 Å². The van der Waals surface area contributed by atoms with E-state index in [1.54, 1.807) is 0 Å². The van der Waals surface area contributed by atoms with E-state index in [9.17, 15) is 0 Å². The Kier molecular flexibility index (Phi) is 6.38. The first-order chi connectivity index (χ1) is 9.99. The number of nitrogens with one attached hydrogen (secondary N) is 1. The molecule has 3 nitrogen and oxygen atoms in total. The molecule has 1 fully saturated rings. The van der Waals surface area contributed by atoms with E-state index in [0.717, 1.165) is 30.2 Å². The van der Waals surface area contributed by atoms with Crippen LogP contribution >= 0.6 is 23.5 Å². The van der Waals surface area contributed by atoms with Gasteiger partial charge in [0.05, 0.1) is 5.25 Å². The number of aryl methyl sites for hydroxylation is 2. The predicted octanol–water partition coefficient (Wildman–Crippen LogP) is 3.54. The van der Waals surface area contributed by atoms with E-state index in [4.69, 9.17) is 9.97 Å². The fourth-order valence-corrected chi connectivity index (χ4v) is 5.35. The van der Waals surface area contributed by atoms with Crippen molar-refractivity contribution in [3.8, 4) is 0 Å². The average molecular weight is 326 g/mol. The second-order valence-corrected chi connectivity index (χ2v) is 8.69. The Morgan fingerprint density at radius 2 is 1.76 bits per heavy atom. The Labute approximate surface area is 137 Å². The molecule has 118 valence electrons. The van der Waals surface area contributed by atoms with Gasteiger partial charge >= 0.3 is 0 Å². The van der Waals surface area contributed by atoms with Gasteiger partial charge < -0.3 is 5.32 Å². The molecule has 0 radical (unpaired) electrons. The summed E-state index contributed by atoms with van der Waals surface area (Å²) in [5.74, 6) is 3.50. The van der Waals surface area contributed by atoms with E-state index < -0.39 is 0 Å². The van der Waals surface area contributed by atoms with E-state index in [1.165, 1.54) is 17.1 Å². The van der Waals surface area contributed by atoms with Crippen molar-refractivity contribution in [3.63, 3.8) is 0 Å². The lowest BCUT2D eigenvalue weighted by Crippen LogP contribution is -2.26. The molecule has 2 atom stereocenters. The van der Waals surface area contributed by atoms with Gasteiger partial charge in [0, 0.05) is 34.2 Å². The molecule has 0 bridgehead atoms. The standard InChI is InChI=1S/C16H27N3S2/c1-10(2)17-7-6-14-11(3)18-16(19-12(14)4)15-13(5)20-8-9-21-15/h10,13,15,17H,6-9H2,1-5H3. The van der Waals surface area contributed by atoms with Gasteiger partial charge in [-0.3, -0.25) is 0 Å². The normalized spacial score (nSPS) is 22.8. The van der Waals surface area contributed by atoms with Crippen LogP contribution in [0.25, 0.3) is 0 Å². The first-order valence-corrected chi connectivity index (χ1v) is 9.89. The zero-order valence-electron chi connectivity index (χ0n) is 13.8. The lowest BCUT2D eigenvalue weighted by Gasteiger charge is -2.27. The van der Waals surface area contributed by atoms with Crippen molar-refractivity contribution in [1.82, 2.24) is 15.3 Å². The number of hydrogen-bond acceptors (Lipinski definition) is 5. The van der Waals surface area contributed by atoms with E-state index in [-0.39, 0.29) is 0 Å². The van der Waals surface area contributed by atoms with Gasteiger partial charge in [0.15, 0.2) is 0 Å². The van der Waals surface area contributed by atoms with Crippen LogP contribution in [0, 0.1) is 13.8 Å². The maximum Gasteiger partial charge on any atom is 0.142 e. The highest BCUT2D eigenvalue weighted by Gasteiger charge is 2.27. The number of nitrogens with zero attached hydrogens (tertiary/aromatic N) is 2. The summed E-state index contributed by atoms with van der Waals surface area (Å²) >= 11 is 4.05. The summed E-state index contributed by atoms with van der Waals surface area (Å²) in [5.41, 5.74) is 3.63. The van der Waals surface area contributed by atoms with Gasteiger partial charge in [-0.05, 0) is 32.4 Å². The van der Waals surface area contributed by atoms with Crippen LogP contribution in [0.5, 0.6) is 0 Å². The third-order valence-corrected chi connectivity index (χ3v) is 6.89. The highest BCUT2D eigenvalue weighted by Crippen LogP contribution is 2.41. The Morgan fingerprint density at radius 1 is 1.14 bits per heavy atom. The van der Waals surface area contributed by atoms with Crippen LogP contribution in [0.4, 0.5) is 0 Å². The number of hydrogen-bond donors (Lipinski definition) is 1. The first-order valence-electron chi connectivity index (χ1n) is 7.79. The second kappa shape index (κ2) is 7.84. The van der Waals surface area contributed by atoms with Gasteiger partial charge in [0.2, 0.25) is 0 Å². The fraction of sp³-hybridized carbons (Fsp3) is 0.750. The van der Waals surface area contributed by atoms with E-state index in [1.807, 2.05) is 23.5 Å². The third-order valence-electron chi connectivity index (χ3n) is 3.81. The van der Waals surface area contributed by atoms with Crippen LogP contribution < -0.4 is 5.32 Å². The number of thioether (sulfide) groups is 2. The SMILES string of the molecule is Cc1nc(C2SCCSC2C)nc(C)c1CCNC(C)C. The van der Waals surface area contributed by atoms with Crippen LogP contribution in [0.2, 0.25) is 0 Å². The summed E-state index contributed by atoms with van der Waals surface area (Å²) in [4.78, 5) is 9.67. The molecule has 5 heteroatoms. The molecule has 1 aromatic heterocycles. The van der Waals surface area contributed by atoms with Gasteiger partial charge in [-0.25, -0.2) is 9.97 Å². The topological polar surface area (TPSA) is 37.8 Å². The molecule has 0 aromatic carbocycles. The molecule has 0 saturated carbocycles. The zero-order valence-corrected chi connectivity index (χ0v) is 15.4. The minimum atomic E-state index is 0.448. The highest BCUT2D eigenvalue weighted by molar-refractivity contribution is 8.06. The summed E-state index contributed by atoms with van der Waals surface area (Å²) < 4.78 is 0. The minimum Gasteiger partial charge on any atom is -0.314 e. The minimum absolute atomic E-state index is 0.448. The van der Waals surface area contributed by atoms with Crippen molar-refractivity contribution in [2.75, 3.05) is 18.1 Å². The molecular formula is C16H27N3S2. The molecule has 2 rings (SSSR count). The lowest BCUT2D eigenvalue weighted by molar-refractivity contribution is 0.587. The van der Waals surface area contributed by atoms with Crippen molar-refractivity contribution in [2.45, 2.75) is 57.6 Å². The molecule has 0 aliphatic carbocycles. The third kappa shape index (κ3) is 4.60. The summed E-state index contributed by atoms with van der Waals surface area (Å²) in [6.07, 6.45) is 1.01. The quantitative estimate of drug-likeness (QED) is 0.896. The second-order valence-electron chi connectivity index (χ2n) is 5.96. The molecule has 2 unspecified atom stereocenters. The van der Waals surface area contributed by atoms with Crippen molar-refractivity contribution >= 4 is 23.5 Å². The average Bonchev–Trinajstić information content (AvgIpc) is 2.42. The Balaban J connectivity index is 2.12. The molecule has 0 amide bonds. The highest BCUT2D eigenvalue weighted by atomic mass is 32.2.